The molecule has 0 saturated heterocycles. The van der Waals surface area contributed by atoms with E-state index in [4.69, 9.17) is 9.15 Å². The third-order valence-electron chi connectivity index (χ3n) is 4.66. The zero-order valence-corrected chi connectivity index (χ0v) is 16.1. The molecule has 6 heteroatoms. The molecule has 0 radical (unpaired) electrons. The minimum atomic E-state index is -0.707. The van der Waals surface area contributed by atoms with Crippen LogP contribution in [0.15, 0.2) is 59.2 Å². The van der Waals surface area contributed by atoms with Gasteiger partial charge in [-0.3, -0.25) is 0 Å². The number of esters is 1. The van der Waals surface area contributed by atoms with Gasteiger partial charge in [0.2, 0.25) is 0 Å². The zero-order valence-electron chi connectivity index (χ0n) is 16.1. The van der Waals surface area contributed by atoms with Crippen molar-refractivity contribution in [1.29, 1.82) is 0 Å². The lowest BCUT2D eigenvalue weighted by Crippen LogP contribution is -2.25. The Morgan fingerprint density at radius 1 is 1.14 bits per heavy atom. The molecule has 6 nitrogen and oxygen atoms in total. The fourth-order valence-electron chi connectivity index (χ4n) is 3.01. The second-order valence-corrected chi connectivity index (χ2v) is 6.70. The van der Waals surface area contributed by atoms with E-state index < -0.39 is 12.1 Å². The Kier molecular flexibility index (Phi) is 6.68. The Balaban J connectivity index is 1.48. The second-order valence-electron chi connectivity index (χ2n) is 6.70. The van der Waals surface area contributed by atoms with E-state index in [2.05, 4.69) is 17.0 Å². The van der Waals surface area contributed by atoms with Crippen molar-refractivity contribution in [1.82, 2.24) is 5.32 Å². The van der Waals surface area contributed by atoms with Crippen molar-refractivity contribution in [3.05, 3.63) is 66.1 Å². The van der Waals surface area contributed by atoms with E-state index in [1.165, 1.54) is 7.11 Å². The number of methoxy groups -OCH3 is 1. The molecular formula is C22H25NO5. The van der Waals surface area contributed by atoms with Gasteiger partial charge in [0.15, 0.2) is 6.61 Å². The average Bonchev–Trinajstić information content (AvgIpc) is 3.16. The second kappa shape index (κ2) is 9.39. The van der Waals surface area contributed by atoms with Gasteiger partial charge in [-0.1, -0.05) is 43.3 Å². The molecule has 0 spiro atoms. The molecule has 2 atom stereocenters. The van der Waals surface area contributed by atoms with Crippen molar-refractivity contribution in [2.75, 3.05) is 26.8 Å². The number of ether oxygens (including phenoxy) is 2. The highest BCUT2D eigenvalue weighted by Crippen LogP contribution is 2.26. The molecule has 0 saturated carbocycles. The lowest BCUT2D eigenvalue weighted by atomic mass is 10.0. The van der Waals surface area contributed by atoms with Crippen LogP contribution in [0, 0.1) is 0 Å². The molecule has 0 aliphatic rings. The lowest BCUT2D eigenvalue weighted by molar-refractivity contribution is -0.142. The minimum absolute atomic E-state index is 0.105. The maximum atomic E-state index is 11.1. The maximum Gasteiger partial charge on any atom is 0.343 e. The van der Waals surface area contributed by atoms with Crippen LogP contribution in [0.5, 0.6) is 5.75 Å². The Bertz CT molecular complexity index is 903. The topological polar surface area (TPSA) is 80.9 Å². The Morgan fingerprint density at radius 2 is 1.89 bits per heavy atom. The molecule has 3 rings (SSSR count). The summed E-state index contributed by atoms with van der Waals surface area (Å²) in [5.74, 6) is 1.04. The number of rotatable bonds is 9. The van der Waals surface area contributed by atoms with Crippen LogP contribution >= 0.6 is 0 Å². The summed E-state index contributed by atoms with van der Waals surface area (Å²) < 4.78 is 15.4. The highest BCUT2D eigenvalue weighted by molar-refractivity contribution is 5.84. The van der Waals surface area contributed by atoms with Gasteiger partial charge in [0, 0.05) is 23.9 Å². The molecule has 148 valence electrons. The van der Waals surface area contributed by atoms with Crippen LogP contribution in [0.25, 0.3) is 10.8 Å². The first-order valence-electron chi connectivity index (χ1n) is 9.23. The number of carbonyl (C=O) groups excluding carboxylic acids is 1. The van der Waals surface area contributed by atoms with Crippen molar-refractivity contribution in [2.45, 2.75) is 18.9 Å². The summed E-state index contributed by atoms with van der Waals surface area (Å²) in [7, 11) is 1.33. The highest BCUT2D eigenvalue weighted by Gasteiger charge is 2.16. The molecule has 1 heterocycles. The quantitative estimate of drug-likeness (QED) is 0.551. The summed E-state index contributed by atoms with van der Waals surface area (Å²) >= 11 is 0. The van der Waals surface area contributed by atoms with Gasteiger partial charge in [-0.2, -0.15) is 0 Å². The number of fused-ring (bicyclic) bond motifs is 1. The first-order chi connectivity index (χ1) is 13.6. The van der Waals surface area contributed by atoms with E-state index in [9.17, 15) is 9.90 Å². The molecule has 0 amide bonds. The number of aliphatic hydroxyl groups excluding tert-OH is 1. The van der Waals surface area contributed by atoms with E-state index in [-0.39, 0.29) is 12.5 Å². The monoisotopic (exact) mass is 383 g/mol. The first kappa shape index (κ1) is 19.9. The molecule has 0 bridgehead atoms. The van der Waals surface area contributed by atoms with Gasteiger partial charge in [-0.15, -0.1) is 0 Å². The van der Waals surface area contributed by atoms with Crippen LogP contribution in [0.1, 0.15) is 30.3 Å². The number of benzene rings is 2. The predicted octanol–water partition coefficient (Wildman–Crippen LogP) is 3.41. The molecule has 2 N–H and O–H groups in total. The molecule has 2 unspecified atom stereocenters. The van der Waals surface area contributed by atoms with Crippen molar-refractivity contribution in [2.24, 2.45) is 0 Å². The number of hydrogen-bond donors (Lipinski definition) is 2. The van der Waals surface area contributed by atoms with Gasteiger partial charge in [0.25, 0.3) is 0 Å². The SMILES string of the molecule is COC(=O)COc1ccc(C(C)CNCC(O)c2occ3ccccc23)cc1. The molecule has 2 aromatic carbocycles. The molecular weight excluding hydrogens is 358 g/mol. The van der Waals surface area contributed by atoms with Crippen molar-refractivity contribution in [3.63, 3.8) is 0 Å². The van der Waals surface area contributed by atoms with Gasteiger partial charge in [-0.05, 0) is 23.6 Å². The van der Waals surface area contributed by atoms with Crippen molar-refractivity contribution < 1.29 is 23.8 Å². The number of nitrogens with one attached hydrogen (secondary N) is 1. The molecule has 3 aromatic rings. The Hall–Kier alpha value is -2.83. The zero-order chi connectivity index (χ0) is 19.9. The molecule has 0 aliphatic heterocycles. The van der Waals surface area contributed by atoms with Gasteiger partial charge in [-0.25, -0.2) is 4.79 Å². The maximum absolute atomic E-state index is 11.1. The smallest absolute Gasteiger partial charge is 0.343 e. The van der Waals surface area contributed by atoms with E-state index >= 15 is 0 Å². The summed E-state index contributed by atoms with van der Waals surface area (Å²) in [5.41, 5.74) is 1.14. The van der Waals surface area contributed by atoms with Crippen molar-refractivity contribution >= 4 is 16.7 Å². The van der Waals surface area contributed by atoms with E-state index in [0.29, 0.717) is 24.6 Å². The minimum Gasteiger partial charge on any atom is -0.482 e. The fraction of sp³-hybridized carbons (Fsp3) is 0.318. The van der Waals surface area contributed by atoms with Crippen LogP contribution < -0.4 is 10.1 Å². The predicted molar refractivity (Wildman–Crippen MR) is 106 cm³/mol. The lowest BCUT2D eigenvalue weighted by Gasteiger charge is -2.15. The first-order valence-corrected chi connectivity index (χ1v) is 9.23. The number of furan rings is 1. The number of aliphatic hydroxyl groups is 1. The summed E-state index contributed by atoms with van der Waals surface area (Å²) in [6.45, 7) is 3.11. The fourth-order valence-corrected chi connectivity index (χ4v) is 3.01. The van der Waals surface area contributed by atoms with Crippen LogP contribution in [0.3, 0.4) is 0 Å². The van der Waals surface area contributed by atoms with Crippen LogP contribution in [-0.4, -0.2) is 37.9 Å². The summed E-state index contributed by atoms with van der Waals surface area (Å²) in [4.78, 5) is 11.1. The van der Waals surface area contributed by atoms with Gasteiger partial charge < -0.3 is 24.3 Å². The molecule has 1 aromatic heterocycles. The van der Waals surface area contributed by atoms with E-state index in [1.807, 2.05) is 48.5 Å². The van der Waals surface area contributed by atoms with E-state index in [0.717, 1.165) is 16.3 Å². The Morgan fingerprint density at radius 3 is 2.64 bits per heavy atom. The number of hydrogen-bond acceptors (Lipinski definition) is 6. The highest BCUT2D eigenvalue weighted by atomic mass is 16.6. The average molecular weight is 383 g/mol. The van der Waals surface area contributed by atoms with Gasteiger partial charge >= 0.3 is 5.97 Å². The molecule has 0 aliphatic carbocycles. The molecule has 0 fully saturated rings. The standard InChI is InChI=1S/C22H25NO5/c1-15(16-7-9-18(10-8-16)27-14-21(25)26-2)11-23-12-20(24)22-19-6-4-3-5-17(19)13-28-22/h3-10,13,15,20,23-24H,11-12,14H2,1-2H3. The largest absolute Gasteiger partial charge is 0.482 e. The van der Waals surface area contributed by atoms with Crippen LogP contribution in [0.4, 0.5) is 0 Å². The summed E-state index contributed by atoms with van der Waals surface area (Å²) in [6.07, 6.45) is 0.960. The number of carbonyl (C=O) groups is 1. The summed E-state index contributed by atoms with van der Waals surface area (Å²) in [5, 5.41) is 15.7. The van der Waals surface area contributed by atoms with Gasteiger partial charge in [0.1, 0.15) is 17.6 Å². The third kappa shape index (κ3) is 4.91. The third-order valence-corrected chi connectivity index (χ3v) is 4.66. The molecule has 28 heavy (non-hydrogen) atoms. The summed E-state index contributed by atoms with van der Waals surface area (Å²) in [6, 6.07) is 15.4. The van der Waals surface area contributed by atoms with Crippen LogP contribution in [-0.2, 0) is 9.53 Å². The Labute approximate surface area is 164 Å². The van der Waals surface area contributed by atoms with Gasteiger partial charge in [0.05, 0.1) is 13.4 Å². The van der Waals surface area contributed by atoms with Crippen molar-refractivity contribution in [3.8, 4) is 5.75 Å². The van der Waals surface area contributed by atoms with E-state index in [1.54, 1.807) is 6.26 Å². The normalized spacial score (nSPS) is 13.2. The van der Waals surface area contributed by atoms with Crippen LogP contribution in [0.2, 0.25) is 0 Å².